The summed E-state index contributed by atoms with van der Waals surface area (Å²) in [6.07, 6.45) is 2.37. The van der Waals surface area contributed by atoms with E-state index in [4.69, 9.17) is 0 Å². The molecule has 0 bridgehead atoms. The van der Waals surface area contributed by atoms with Crippen molar-refractivity contribution in [2.24, 2.45) is 0 Å². The maximum absolute atomic E-state index is 11.0. The van der Waals surface area contributed by atoms with Crippen molar-refractivity contribution < 1.29 is 4.79 Å². The summed E-state index contributed by atoms with van der Waals surface area (Å²) in [5.41, 5.74) is 4.55. The Bertz CT molecular complexity index is 576. The number of carbonyl (C=O) groups is 1. The summed E-state index contributed by atoms with van der Waals surface area (Å²) < 4.78 is 0. The Hall–Kier alpha value is -2.03. The number of hydrogen-bond acceptors (Lipinski definition) is 3. The molecule has 0 spiro atoms. The molecule has 0 saturated heterocycles. The van der Waals surface area contributed by atoms with Crippen LogP contribution in [-0.4, -0.2) is 16.3 Å². The highest BCUT2D eigenvalue weighted by Crippen LogP contribution is 2.24. The minimum Gasteiger partial charge on any atom is -0.298 e. The van der Waals surface area contributed by atoms with E-state index in [2.05, 4.69) is 16.0 Å². The minimum absolute atomic E-state index is 0.530. The van der Waals surface area contributed by atoms with Gasteiger partial charge >= 0.3 is 0 Å². The van der Waals surface area contributed by atoms with Crippen molar-refractivity contribution in [1.29, 1.82) is 0 Å². The zero-order chi connectivity index (χ0) is 12.4. The predicted octanol–water partition coefficient (Wildman–Crippen LogP) is 2.88. The summed E-state index contributed by atoms with van der Waals surface area (Å²) in [5, 5.41) is 0. The standard InChI is InChI=1S/C14H14N2O/c1-9-4-5-13(10(2)6-9)14-12(8-17)7-15-11(3)16-14/h4-8H,1-3H3. The Morgan fingerprint density at radius 3 is 2.59 bits per heavy atom. The Labute approximate surface area is 101 Å². The molecule has 1 aromatic heterocycles. The van der Waals surface area contributed by atoms with E-state index in [-0.39, 0.29) is 0 Å². The first-order valence-corrected chi connectivity index (χ1v) is 5.48. The molecule has 17 heavy (non-hydrogen) atoms. The molecule has 0 atom stereocenters. The third-order valence-electron chi connectivity index (χ3n) is 2.70. The molecule has 0 amide bonds. The Morgan fingerprint density at radius 2 is 1.94 bits per heavy atom. The molecule has 2 rings (SSSR count). The van der Waals surface area contributed by atoms with Crippen LogP contribution in [0.4, 0.5) is 0 Å². The van der Waals surface area contributed by atoms with E-state index >= 15 is 0 Å². The second-order valence-electron chi connectivity index (χ2n) is 4.16. The number of aryl methyl sites for hydroxylation is 3. The molecule has 0 unspecified atom stereocenters. The van der Waals surface area contributed by atoms with Gasteiger partial charge in [0.25, 0.3) is 0 Å². The molecule has 86 valence electrons. The largest absolute Gasteiger partial charge is 0.298 e. The number of carbonyl (C=O) groups excluding carboxylic acids is 1. The van der Waals surface area contributed by atoms with Crippen LogP contribution in [0.15, 0.2) is 24.4 Å². The van der Waals surface area contributed by atoms with Gasteiger partial charge in [-0.25, -0.2) is 9.97 Å². The molecule has 0 radical (unpaired) electrons. The van der Waals surface area contributed by atoms with Crippen molar-refractivity contribution >= 4 is 6.29 Å². The monoisotopic (exact) mass is 226 g/mol. The van der Waals surface area contributed by atoms with Gasteiger partial charge in [-0.15, -0.1) is 0 Å². The van der Waals surface area contributed by atoms with Crippen LogP contribution in [0.3, 0.4) is 0 Å². The third kappa shape index (κ3) is 2.23. The number of rotatable bonds is 2. The van der Waals surface area contributed by atoms with Crippen LogP contribution in [0.1, 0.15) is 27.3 Å². The van der Waals surface area contributed by atoms with Gasteiger partial charge in [-0.05, 0) is 26.3 Å². The van der Waals surface area contributed by atoms with Crippen molar-refractivity contribution in [3.05, 3.63) is 46.9 Å². The topological polar surface area (TPSA) is 42.9 Å². The lowest BCUT2D eigenvalue weighted by Gasteiger charge is -2.08. The highest BCUT2D eigenvalue weighted by molar-refractivity contribution is 5.86. The zero-order valence-electron chi connectivity index (χ0n) is 10.2. The molecule has 0 aliphatic heterocycles. The van der Waals surface area contributed by atoms with Gasteiger partial charge in [0.05, 0.1) is 11.3 Å². The lowest BCUT2D eigenvalue weighted by atomic mass is 10.0. The molecule has 0 aliphatic carbocycles. The van der Waals surface area contributed by atoms with Gasteiger partial charge in [0.1, 0.15) is 5.82 Å². The van der Waals surface area contributed by atoms with Gasteiger partial charge in [-0.3, -0.25) is 4.79 Å². The molecule has 3 nitrogen and oxygen atoms in total. The Balaban J connectivity index is 2.66. The van der Waals surface area contributed by atoms with Gasteiger partial charge in [-0.1, -0.05) is 23.8 Å². The molecule has 1 heterocycles. The highest BCUT2D eigenvalue weighted by Gasteiger charge is 2.09. The summed E-state index contributed by atoms with van der Waals surface area (Å²) in [6, 6.07) is 6.11. The molecule has 0 saturated carbocycles. The second-order valence-corrected chi connectivity index (χ2v) is 4.16. The van der Waals surface area contributed by atoms with Crippen LogP contribution < -0.4 is 0 Å². The van der Waals surface area contributed by atoms with Crippen molar-refractivity contribution in [2.75, 3.05) is 0 Å². The molecule has 0 fully saturated rings. The average Bonchev–Trinajstić information content (AvgIpc) is 2.29. The van der Waals surface area contributed by atoms with E-state index in [1.165, 1.54) is 5.56 Å². The average molecular weight is 226 g/mol. The van der Waals surface area contributed by atoms with Crippen LogP contribution in [0.5, 0.6) is 0 Å². The zero-order valence-corrected chi connectivity index (χ0v) is 10.2. The molecular formula is C14H14N2O. The van der Waals surface area contributed by atoms with E-state index in [0.29, 0.717) is 17.1 Å². The van der Waals surface area contributed by atoms with Crippen LogP contribution in [0.2, 0.25) is 0 Å². The second kappa shape index (κ2) is 4.45. The molecule has 0 N–H and O–H groups in total. The fraction of sp³-hybridized carbons (Fsp3) is 0.214. The van der Waals surface area contributed by atoms with Crippen LogP contribution in [0.25, 0.3) is 11.3 Å². The summed E-state index contributed by atoms with van der Waals surface area (Å²) >= 11 is 0. The van der Waals surface area contributed by atoms with Crippen molar-refractivity contribution in [1.82, 2.24) is 9.97 Å². The molecule has 1 aromatic carbocycles. The molecule has 3 heteroatoms. The maximum atomic E-state index is 11.0. The minimum atomic E-state index is 0.530. The number of aldehydes is 1. The Morgan fingerprint density at radius 1 is 1.18 bits per heavy atom. The fourth-order valence-electron chi connectivity index (χ4n) is 1.86. The summed E-state index contributed by atoms with van der Waals surface area (Å²) in [6.45, 7) is 5.89. The molecule has 0 aliphatic rings. The first kappa shape index (κ1) is 11.5. The van der Waals surface area contributed by atoms with Crippen molar-refractivity contribution in [3.63, 3.8) is 0 Å². The van der Waals surface area contributed by atoms with Gasteiger partial charge in [0.2, 0.25) is 0 Å². The van der Waals surface area contributed by atoms with Crippen molar-refractivity contribution in [3.8, 4) is 11.3 Å². The van der Waals surface area contributed by atoms with E-state index in [1.54, 1.807) is 6.20 Å². The number of benzene rings is 1. The Kier molecular flexibility index (Phi) is 3.00. The van der Waals surface area contributed by atoms with E-state index < -0.39 is 0 Å². The smallest absolute Gasteiger partial charge is 0.153 e. The van der Waals surface area contributed by atoms with Gasteiger partial charge in [-0.2, -0.15) is 0 Å². The molecular weight excluding hydrogens is 212 g/mol. The van der Waals surface area contributed by atoms with E-state index in [1.807, 2.05) is 32.9 Å². The van der Waals surface area contributed by atoms with Gasteiger partial charge in [0, 0.05) is 11.8 Å². The van der Waals surface area contributed by atoms with Crippen LogP contribution in [-0.2, 0) is 0 Å². The van der Waals surface area contributed by atoms with Gasteiger partial charge in [0.15, 0.2) is 6.29 Å². The van der Waals surface area contributed by atoms with Crippen LogP contribution in [0, 0.1) is 20.8 Å². The SMILES string of the molecule is Cc1ccc(-c2nc(C)ncc2C=O)c(C)c1. The summed E-state index contributed by atoms with van der Waals surface area (Å²) in [7, 11) is 0. The highest BCUT2D eigenvalue weighted by atomic mass is 16.1. The summed E-state index contributed by atoms with van der Waals surface area (Å²) in [5.74, 6) is 0.672. The number of aromatic nitrogens is 2. The number of nitrogens with zero attached hydrogens (tertiary/aromatic N) is 2. The molecule has 2 aromatic rings. The number of hydrogen-bond donors (Lipinski definition) is 0. The quantitative estimate of drug-likeness (QED) is 0.739. The van der Waals surface area contributed by atoms with E-state index in [9.17, 15) is 4.79 Å². The summed E-state index contributed by atoms with van der Waals surface area (Å²) in [4.78, 5) is 19.4. The van der Waals surface area contributed by atoms with E-state index in [0.717, 1.165) is 17.4 Å². The first-order valence-electron chi connectivity index (χ1n) is 5.48. The maximum Gasteiger partial charge on any atom is 0.153 e. The lowest BCUT2D eigenvalue weighted by molar-refractivity contribution is 0.112. The van der Waals surface area contributed by atoms with Crippen LogP contribution >= 0.6 is 0 Å². The third-order valence-corrected chi connectivity index (χ3v) is 2.70. The van der Waals surface area contributed by atoms with Crippen molar-refractivity contribution in [2.45, 2.75) is 20.8 Å². The lowest BCUT2D eigenvalue weighted by Crippen LogP contribution is -1.98. The van der Waals surface area contributed by atoms with Gasteiger partial charge < -0.3 is 0 Å². The normalized spacial score (nSPS) is 10.3. The fourth-order valence-corrected chi connectivity index (χ4v) is 1.86. The predicted molar refractivity (Wildman–Crippen MR) is 67.1 cm³/mol. The first-order chi connectivity index (χ1) is 8.11.